The fraction of sp³-hybridized carbons (Fsp3) is 0.385. The zero-order chi connectivity index (χ0) is 14.1. The number of methoxy groups -OCH3 is 2. The van der Waals surface area contributed by atoms with Gasteiger partial charge < -0.3 is 14.6 Å². The molecule has 1 unspecified atom stereocenters. The summed E-state index contributed by atoms with van der Waals surface area (Å²) >= 11 is 1.51. The van der Waals surface area contributed by atoms with E-state index in [1.807, 2.05) is 18.2 Å². The van der Waals surface area contributed by atoms with Gasteiger partial charge in [-0.15, -0.1) is 5.10 Å². The van der Waals surface area contributed by atoms with Crippen LogP contribution in [0, 0.1) is 0 Å². The van der Waals surface area contributed by atoms with E-state index in [9.17, 15) is 5.11 Å². The maximum Gasteiger partial charge on any atom is 0.186 e. The molecule has 0 spiro atoms. The third kappa shape index (κ3) is 2.34. The van der Waals surface area contributed by atoms with Gasteiger partial charge in [-0.25, -0.2) is 9.67 Å². The van der Waals surface area contributed by atoms with E-state index in [-0.39, 0.29) is 6.10 Å². The predicted molar refractivity (Wildman–Crippen MR) is 75.3 cm³/mol. The number of benzene rings is 1. The van der Waals surface area contributed by atoms with Crippen molar-refractivity contribution in [2.45, 2.75) is 17.8 Å². The van der Waals surface area contributed by atoms with Crippen molar-refractivity contribution in [1.82, 2.24) is 14.8 Å². The highest BCUT2D eigenvalue weighted by molar-refractivity contribution is 7.99. The highest BCUT2D eigenvalue weighted by Gasteiger charge is 2.21. The maximum atomic E-state index is 9.64. The number of rotatable bonds is 3. The van der Waals surface area contributed by atoms with Gasteiger partial charge in [0.15, 0.2) is 22.5 Å². The molecule has 1 aliphatic heterocycles. The first-order valence-electron chi connectivity index (χ1n) is 6.19. The molecule has 20 heavy (non-hydrogen) atoms. The second-order valence-corrected chi connectivity index (χ2v) is 5.42. The lowest BCUT2D eigenvalue weighted by Gasteiger charge is -2.16. The Morgan fingerprint density at radius 1 is 1.30 bits per heavy atom. The minimum absolute atomic E-state index is 0.368. The van der Waals surface area contributed by atoms with Crippen LogP contribution in [0.15, 0.2) is 23.4 Å². The highest BCUT2D eigenvalue weighted by Crippen LogP contribution is 2.32. The number of fused-ring (bicyclic) bond motifs is 1. The number of aromatic nitrogens is 3. The fourth-order valence-corrected chi connectivity index (χ4v) is 2.94. The molecular weight excluding hydrogens is 278 g/mol. The summed E-state index contributed by atoms with van der Waals surface area (Å²) < 4.78 is 12.2. The van der Waals surface area contributed by atoms with Crippen LogP contribution in [0.25, 0.3) is 11.4 Å². The molecule has 3 rings (SSSR count). The number of thioether (sulfide) groups is 1. The first kappa shape index (κ1) is 13.3. The lowest BCUT2D eigenvalue weighted by Crippen LogP contribution is -2.24. The van der Waals surface area contributed by atoms with Gasteiger partial charge in [0.1, 0.15) is 0 Å². The molecule has 1 N–H and O–H groups in total. The molecule has 0 aliphatic carbocycles. The normalized spacial score (nSPS) is 17.6. The van der Waals surface area contributed by atoms with Crippen molar-refractivity contribution < 1.29 is 14.6 Å². The lowest BCUT2D eigenvalue weighted by molar-refractivity contribution is 0.164. The van der Waals surface area contributed by atoms with Crippen molar-refractivity contribution in [3.8, 4) is 22.9 Å². The van der Waals surface area contributed by atoms with E-state index in [2.05, 4.69) is 10.1 Å². The van der Waals surface area contributed by atoms with E-state index in [1.54, 1.807) is 18.9 Å². The highest BCUT2D eigenvalue weighted by atomic mass is 32.2. The number of nitrogens with zero attached hydrogens (tertiary/aromatic N) is 3. The second kappa shape index (κ2) is 5.34. The van der Waals surface area contributed by atoms with Gasteiger partial charge in [-0.3, -0.25) is 0 Å². The molecule has 106 valence electrons. The third-order valence-electron chi connectivity index (χ3n) is 3.07. The molecule has 0 saturated carbocycles. The number of ether oxygens (including phenoxy) is 2. The predicted octanol–water partition coefficient (Wildman–Crippen LogP) is 1.43. The lowest BCUT2D eigenvalue weighted by atomic mass is 10.2. The second-order valence-electron chi connectivity index (χ2n) is 4.43. The monoisotopic (exact) mass is 293 g/mol. The number of hydrogen-bond donors (Lipinski definition) is 1. The standard InChI is InChI=1S/C13H15N3O3S/c1-18-10-4-3-8(5-11(10)19-2)12-14-13-16(15-12)6-9(17)7-20-13/h3-5,9,17H,6-7H2,1-2H3. The average molecular weight is 293 g/mol. The molecule has 0 amide bonds. The Morgan fingerprint density at radius 3 is 2.85 bits per heavy atom. The van der Waals surface area contributed by atoms with E-state index in [0.717, 1.165) is 10.7 Å². The molecule has 6 nitrogen and oxygen atoms in total. The number of aliphatic hydroxyl groups excluding tert-OH is 1. The van der Waals surface area contributed by atoms with Crippen LogP contribution in [0.1, 0.15) is 0 Å². The summed E-state index contributed by atoms with van der Waals surface area (Å²) in [6, 6.07) is 5.57. The molecule has 1 aromatic heterocycles. The molecule has 1 aliphatic rings. The largest absolute Gasteiger partial charge is 0.493 e. The quantitative estimate of drug-likeness (QED) is 0.923. The summed E-state index contributed by atoms with van der Waals surface area (Å²) in [4.78, 5) is 4.49. The van der Waals surface area contributed by atoms with E-state index >= 15 is 0 Å². The first-order valence-corrected chi connectivity index (χ1v) is 7.18. The third-order valence-corrected chi connectivity index (χ3v) is 4.18. The Bertz CT molecular complexity index is 629. The zero-order valence-electron chi connectivity index (χ0n) is 11.2. The molecule has 7 heteroatoms. The van der Waals surface area contributed by atoms with Crippen molar-refractivity contribution in [3.05, 3.63) is 18.2 Å². The van der Waals surface area contributed by atoms with Crippen molar-refractivity contribution in [2.75, 3.05) is 20.0 Å². The summed E-state index contributed by atoms with van der Waals surface area (Å²) in [6.07, 6.45) is -0.368. The molecule has 0 saturated heterocycles. The summed E-state index contributed by atoms with van der Waals surface area (Å²) in [7, 11) is 3.20. The minimum atomic E-state index is -0.368. The van der Waals surface area contributed by atoms with Crippen LogP contribution in [0.4, 0.5) is 0 Å². The Kier molecular flexibility index (Phi) is 3.54. The molecule has 0 fully saturated rings. The van der Waals surface area contributed by atoms with Crippen LogP contribution in [0.5, 0.6) is 11.5 Å². The van der Waals surface area contributed by atoms with E-state index in [1.165, 1.54) is 11.8 Å². The molecule has 0 bridgehead atoms. The molecule has 1 aromatic carbocycles. The van der Waals surface area contributed by atoms with Crippen LogP contribution in [0.3, 0.4) is 0 Å². The maximum absolute atomic E-state index is 9.64. The average Bonchev–Trinajstić information content (AvgIpc) is 2.89. The number of aliphatic hydroxyl groups is 1. The van der Waals surface area contributed by atoms with Crippen LogP contribution in [-0.2, 0) is 6.54 Å². The van der Waals surface area contributed by atoms with Crippen LogP contribution in [0.2, 0.25) is 0 Å². The molecule has 2 heterocycles. The molecule has 0 radical (unpaired) electrons. The van der Waals surface area contributed by atoms with Gasteiger partial charge in [0.2, 0.25) is 0 Å². The van der Waals surface area contributed by atoms with Gasteiger partial charge in [-0.05, 0) is 18.2 Å². The first-order chi connectivity index (χ1) is 9.71. The summed E-state index contributed by atoms with van der Waals surface area (Å²) in [5.74, 6) is 2.60. The van der Waals surface area contributed by atoms with Crippen LogP contribution in [-0.4, -0.2) is 45.9 Å². The van der Waals surface area contributed by atoms with Crippen molar-refractivity contribution in [3.63, 3.8) is 0 Å². The fourth-order valence-electron chi connectivity index (χ4n) is 2.07. The summed E-state index contributed by atoms with van der Waals surface area (Å²) in [5, 5.41) is 14.9. The van der Waals surface area contributed by atoms with E-state index in [0.29, 0.717) is 29.6 Å². The minimum Gasteiger partial charge on any atom is -0.493 e. The van der Waals surface area contributed by atoms with Gasteiger partial charge in [-0.1, -0.05) is 11.8 Å². The number of hydrogen-bond acceptors (Lipinski definition) is 6. The van der Waals surface area contributed by atoms with Gasteiger partial charge in [0.25, 0.3) is 0 Å². The Labute approximate surface area is 120 Å². The van der Waals surface area contributed by atoms with Crippen molar-refractivity contribution in [2.24, 2.45) is 0 Å². The van der Waals surface area contributed by atoms with Crippen LogP contribution >= 0.6 is 11.8 Å². The Hall–Kier alpha value is -1.73. The SMILES string of the molecule is COc1ccc(-c2nc3n(n2)CC(O)CS3)cc1OC. The van der Waals surface area contributed by atoms with Gasteiger partial charge in [-0.2, -0.15) is 0 Å². The summed E-state index contributed by atoms with van der Waals surface area (Å²) in [5.41, 5.74) is 0.861. The van der Waals surface area contributed by atoms with Crippen molar-refractivity contribution in [1.29, 1.82) is 0 Å². The zero-order valence-corrected chi connectivity index (χ0v) is 12.1. The van der Waals surface area contributed by atoms with E-state index in [4.69, 9.17) is 9.47 Å². The van der Waals surface area contributed by atoms with Gasteiger partial charge in [0, 0.05) is 11.3 Å². The summed E-state index contributed by atoms with van der Waals surface area (Å²) in [6.45, 7) is 0.489. The van der Waals surface area contributed by atoms with Gasteiger partial charge >= 0.3 is 0 Å². The molecular formula is C13H15N3O3S. The Morgan fingerprint density at radius 2 is 2.10 bits per heavy atom. The van der Waals surface area contributed by atoms with Gasteiger partial charge in [0.05, 0.1) is 26.9 Å². The van der Waals surface area contributed by atoms with E-state index < -0.39 is 0 Å². The Balaban J connectivity index is 1.97. The topological polar surface area (TPSA) is 69.4 Å². The molecule has 1 atom stereocenters. The smallest absolute Gasteiger partial charge is 0.186 e. The van der Waals surface area contributed by atoms with Crippen molar-refractivity contribution >= 4 is 11.8 Å². The van der Waals surface area contributed by atoms with Crippen LogP contribution < -0.4 is 9.47 Å². The molecule has 2 aromatic rings.